The van der Waals surface area contributed by atoms with Crippen LogP contribution in [0.15, 0.2) is 47.2 Å². The van der Waals surface area contributed by atoms with E-state index in [1.807, 2.05) is 24.3 Å². The Bertz CT molecular complexity index is 1600. The van der Waals surface area contributed by atoms with Crippen molar-refractivity contribution in [3.05, 3.63) is 69.5 Å². The number of phenols is 1. The molecule has 42 heavy (non-hydrogen) atoms. The van der Waals surface area contributed by atoms with Crippen LogP contribution in [0, 0.1) is 11.8 Å². The van der Waals surface area contributed by atoms with Crippen molar-refractivity contribution in [2.24, 2.45) is 23.3 Å². The predicted octanol–water partition coefficient (Wildman–Crippen LogP) is 2.39. The average Bonchev–Trinajstić information content (AvgIpc) is 2.90. The van der Waals surface area contributed by atoms with Gasteiger partial charge in [0.2, 0.25) is 5.78 Å². The second-order valence-electron chi connectivity index (χ2n) is 12.8. The van der Waals surface area contributed by atoms with Gasteiger partial charge >= 0.3 is 0 Å². The van der Waals surface area contributed by atoms with Crippen molar-refractivity contribution in [2.75, 3.05) is 14.1 Å². The summed E-state index contributed by atoms with van der Waals surface area (Å²) < 4.78 is 0. The Morgan fingerprint density at radius 2 is 1.71 bits per heavy atom. The molecule has 10 heteroatoms. The van der Waals surface area contributed by atoms with Gasteiger partial charge in [0.05, 0.1) is 11.6 Å². The van der Waals surface area contributed by atoms with E-state index in [0.29, 0.717) is 11.1 Å². The van der Waals surface area contributed by atoms with E-state index in [-0.39, 0.29) is 41.7 Å². The zero-order valence-corrected chi connectivity index (χ0v) is 24.4. The Morgan fingerprint density at radius 1 is 1.10 bits per heavy atom. The largest absolute Gasteiger partial charge is 0.508 e. The number of carbonyl (C=O) groups is 3. The number of primary amides is 1. The summed E-state index contributed by atoms with van der Waals surface area (Å²) in [5, 5.41) is 45.6. The highest BCUT2D eigenvalue weighted by atomic mass is 16.3. The minimum absolute atomic E-state index is 0.0214. The van der Waals surface area contributed by atoms with Crippen LogP contribution in [0.1, 0.15) is 49.4 Å². The van der Waals surface area contributed by atoms with Gasteiger partial charge in [0.15, 0.2) is 11.4 Å². The second kappa shape index (κ2) is 9.79. The number of likely N-dealkylation sites (N-methyl/N-ethyl adjacent to an activating group) is 1. The van der Waals surface area contributed by atoms with Crippen molar-refractivity contribution in [1.29, 1.82) is 0 Å². The van der Waals surface area contributed by atoms with Crippen molar-refractivity contribution < 1.29 is 34.8 Å². The molecule has 1 saturated carbocycles. The first-order valence-electron chi connectivity index (χ1n) is 13.9. The first kappa shape index (κ1) is 29.5. The summed E-state index contributed by atoms with van der Waals surface area (Å²) in [6, 6.07) is 8.60. The fraction of sp³-hybridized carbons (Fsp3) is 0.406. The van der Waals surface area contributed by atoms with E-state index in [0.717, 1.165) is 16.7 Å². The lowest BCUT2D eigenvalue weighted by Gasteiger charge is -2.50. The Hall–Kier alpha value is -3.99. The topological polar surface area (TPSA) is 187 Å². The predicted molar refractivity (Wildman–Crippen MR) is 156 cm³/mol. The normalized spacial score (nSPS) is 25.9. The van der Waals surface area contributed by atoms with Crippen LogP contribution in [-0.2, 0) is 32.8 Å². The number of benzene rings is 2. The lowest BCUT2D eigenvalue weighted by Crippen LogP contribution is -2.65. The smallest absolute Gasteiger partial charge is 0.255 e. The molecule has 4 atom stereocenters. The fourth-order valence-corrected chi connectivity index (χ4v) is 6.93. The van der Waals surface area contributed by atoms with Gasteiger partial charge in [-0.3, -0.25) is 19.3 Å². The molecule has 0 bridgehead atoms. The average molecular weight is 576 g/mol. The summed E-state index contributed by atoms with van der Waals surface area (Å²) in [7, 11) is 3.14. The van der Waals surface area contributed by atoms with Gasteiger partial charge in [-0.25, -0.2) is 0 Å². The number of rotatable bonds is 4. The molecule has 1 fully saturated rings. The number of carbonyl (C=O) groups excluding carboxylic acids is 3. The molecule has 0 spiro atoms. The van der Waals surface area contributed by atoms with Crippen LogP contribution < -0.4 is 11.5 Å². The Balaban J connectivity index is 1.74. The molecule has 0 heterocycles. The van der Waals surface area contributed by atoms with Gasteiger partial charge in [-0.1, -0.05) is 45.0 Å². The number of aliphatic hydroxyl groups is 3. The molecule has 0 radical (unpaired) electrons. The molecule has 222 valence electrons. The van der Waals surface area contributed by atoms with Gasteiger partial charge in [0.1, 0.15) is 22.8 Å². The Kier molecular flexibility index (Phi) is 6.88. The lowest BCUT2D eigenvalue weighted by atomic mass is 9.57. The van der Waals surface area contributed by atoms with Crippen LogP contribution >= 0.6 is 0 Å². The van der Waals surface area contributed by atoms with Gasteiger partial charge in [-0.15, -0.1) is 0 Å². The van der Waals surface area contributed by atoms with Gasteiger partial charge in [-0.2, -0.15) is 0 Å². The molecule has 3 aliphatic carbocycles. The van der Waals surface area contributed by atoms with E-state index >= 15 is 0 Å². The van der Waals surface area contributed by atoms with Crippen LogP contribution in [0.25, 0.3) is 16.9 Å². The first-order chi connectivity index (χ1) is 19.5. The SMILES string of the molecule is CN(C)[C@H]1C(=O)C(C(N)=O)=C(O)[C@]2(O)C(=O)C3=C(O)c4c(O)c(CN)cc(-c5ccc(C(C)(C)C)cc5)c4C[C@@H]3C[C@H]12. The minimum atomic E-state index is -2.68. The molecule has 8 N–H and O–H groups in total. The zero-order valence-electron chi connectivity index (χ0n) is 24.4. The Morgan fingerprint density at radius 3 is 2.24 bits per heavy atom. The molecule has 5 rings (SSSR count). The third-order valence-electron chi connectivity index (χ3n) is 9.08. The van der Waals surface area contributed by atoms with Crippen molar-refractivity contribution in [3.63, 3.8) is 0 Å². The summed E-state index contributed by atoms with van der Waals surface area (Å²) in [5.74, 6) is -6.83. The Labute approximate surface area is 243 Å². The molecule has 0 aliphatic heterocycles. The standard InChI is InChI=1S/C32H37N3O7/c1-31(2,3)17-8-6-14(7-9-17)18-11-16(13-33)25(36)22-19(18)10-15-12-20-24(35(4)5)27(38)23(30(34)41)29(40)32(20,42)28(39)21(15)26(22)37/h6-9,11,15,20,24,36-37,40,42H,10,12-13,33H2,1-5H3,(H2,34,41)/t15-,20-,24-,32-/m1/s1. The van der Waals surface area contributed by atoms with Gasteiger partial charge in [0.25, 0.3) is 5.91 Å². The second-order valence-corrected chi connectivity index (χ2v) is 12.8. The molecule has 2 aromatic rings. The maximum atomic E-state index is 14.1. The lowest BCUT2D eigenvalue weighted by molar-refractivity contribution is -0.153. The van der Waals surface area contributed by atoms with E-state index in [1.54, 1.807) is 20.2 Å². The molecular formula is C32H37N3O7. The van der Waals surface area contributed by atoms with Gasteiger partial charge in [0, 0.05) is 23.6 Å². The number of aromatic hydroxyl groups is 1. The van der Waals surface area contributed by atoms with E-state index in [1.165, 1.54) is 4.90 Å². The van der Waals surface area contributed by atoms with Crippen LogP contribution in [-0.4, -0.2) is 68.5 Å². The number of fused-ring (bicyclic) bond motifs is 3. The molecule has 3 aliphatic rings. The summed E-state index contributed by atoms with van der Waals surface area (Å²) in [6.45, 7) is 6.28. The van der Waals surface area contributed by atoms with Gasteiger partial charge < -0.3 is 31.9 Å². The number of hydrogen-bond donors (Lipinski definition) is 6. The van der Waals surface area contributed by atoms with E-state index in [9.17, 15) is 34.8 Å². The molecular weight excluding hydrogens is 538 g/mol. The van der Waals surface area contributed by atoms with E-state index in [2.05, 4.69) is 20.8 Å². The number of Topliss-reactive ketones (excluding diaryl/α,β-unsaturated/α-hetero) is 2. The number of amides is 1. The monoisotopic (exact) mass is 575 g/mol. The summed E-state index contributed by atoms with van der Waals surface area (Å²) in [6.07, 6.45) is 0.219. The third-order valence-corrected chi connectivity index (χ3v) is 9.08. The van der Waals surface area contributed by atoms with Crippen LogP contribution in [0.3, 0.4) is 0 Å². The third kappa shape index (κ3) is 4.08. The summed E-state index contributed by atoms with van der Waals surface area (Å²) in [5.41, 5.74) is 11.2. The molecule has 0 aromatic heterocycles. The van der Waals surface area contributed by atoms with E-state index in [4.69, 9.17) is 11.5 Å². The molecule has 0 saturated heterocycles. The molecule has 0 unspecified atom stereocenters. The number of nitrogens with zero attached hydrogens (tertiary/aromatic N) is 1. The van der Waals surface area contributed by atoms with Crippen molar-refractivity contribution in [1.82, 2.24) is 4.90 Å². The van der Waals surface area contributed by atoms with Gasteiger partial charge in [-0.05, 0) is 66.6 Å². The molecule has 2 aromatic carbocycles. The molecule has 1 amide bonds. The maximum Gasteiger partial charge on any atom is 0.255 e. The zero-order chi connectivity index (χ0) is 31.0. The number of hydrogen-bond acceptors (Lipinski definition) is 9. The van der Waals surface area contributed by atoms with E-state index < -0.39 is 58.0 Å². The van der Waals surface area contributed by atoms with Crippen molar-refractivity contribution in [2.45, 2.75) is 57.2 Å². The van der Waals surface area contributed by atoms with Crippen LogP contribution in [0.4, 0.5) is 0 Å². The van der Waals surface area contributed by atoms with Crippen LogP contribution in [0.5, 0.6) is 5.75 Å². The van der Waals surface area contributed by atoms with Crippen molar-refractivity contribution >= 4 is 23.2 Å². The molecule has 10 nitrogen and oxygen atoms in total. The van der Waals surface area contributed by atoms with Crippen LogP contribution in [0.2, 0.25) is 0 Å². The number of phenolic OH excluding ortho intramolecular Hbond substituents is 1. The minimum Gasteiger partial charge on any atom is -0.508 e. The first-order valence-corrected chi connectivity index (χ1v) is 13.9. The highest BCUT2D eigenvalue weighted by Gasteiger charge is 2.64. The fourth-order valence-electron chi connectivity index (χ4n) is 6.93. The number of nitrogens with two attached hydrogens (primary N) is 2. The summed E-state index contributed by atoms with van der Waals surface area (Å²) >= 11 is 0. The van der Waals surface area contributed by atoms with Crippen molar-refractivity contribution in [3.8, 4) is 16.9 Å². The maximum absolute atomic E-state index is 14.1. The number of aliphatic hydroxyl groups excluding tert-OH is 2. The quantitative estimate of drug-likeness (QED) is 0.298. The highest BCUT2D eigenvalue weighted by Crippen LogP contribution is 2.54. The summed E-state index contributed by atoms with van der Waals surface area (Å²) in [4.78, 5) is 41.1. The highest BCUT2D eigenvalue weighted by molar-refractivity contribution is 6.24. The number of ketones is 2.